The molecule has 0 saturated carbocycles. The standard InChI is InChI=1S/C33H40N6O4/c1-21-13-16-38(17-14-21)30-26(11-9-22(2)34-30)31(41)36-25-10-12-27-23(19-25)15-18-39(27)29(40)20-24-7-6-8-28(35-24)37-32(42)43-33(3,4)5/h6-12,19,21H,13-18,20H2,1-5H3,(H,36,41)(H,35,37,42). The number of hydrogen-bond acceptors (Lipinski definition) is 7. The number of rotatable bonds is 6. The van der Waals surface area contributed by atoms with Crippen LogP contribution in [-0.2, 0) is 22.4 Å². The predicted molar refractivity (Wildman–Crippen MR) is 168 cm³/mol. The van der Waals surface area contributed by atoms with Gasteiger partial charge in [0, 0.05) is 36.7 Å². The first-order chi connectivity index (χ1) is 20.4. The smallest absolute Gasteiger partial charge is 0.413 e. The van der Waals surface area contributed by atoms with Crippen LogP contribution in [0.25, 0.3) is 0 Å². The van der Waals surface area contributed by atoms with Gasteiger partial charge >= 0.3 is 6.09 Å². The van der Waals surface area contributed by atoms with E-state index < -0.39 is 11.7 Å². The number of carbonyl (C=O) groups excluding carboxylic acids is 3. The second kappa shape index (κ2) is 12.4. The van der Waals surface area contributed by atoms with Gasteiger partial charge in [0.2, 0.25) is 5.91 Å². The van der Waals surface area contributed by atoms with Gasteiger partial charge in [0.15, 0.2) is 0 Å². The second-order valence-corrected chi connectivity index (χ2v) is 12.4. The molecule has 10 nitrogen and oxygen atoms in total. The van der Waals surface area contributed by atoms with E-state index in [-0.39, 0.29) is 18.2 Å². The van der Waals surface area contributed by atoms with Gasteiger partial charge in [-0.2, -0.15) is 0 Å². The number of carbonyl (C=O) groups is 3. The highest BCUT2D eigenvalue weighted by Gasteiger charge is 2.27. The fourth-order valence-corrected chi connectivity index (χ4v) is 5.42. The lowest BCUT2D eigenvalue weighted by Gasteiger charge is -2.32. The summed E-state index contributed by atoms with van der Waals surface area (Å²) in [7, 11) is 0. The maximum absolute atomic E-state index is 13.4. The lowest BCUT2D eigenvalue weighted by atomic mass is 9.99. The van der Waals surface area contributed by atoms with Crippen LogP contribution in [0.1, 0.15) is 67.8 Å². The van der Waals surface area contributed by atoms with Crippen LogP contribution in [0.4, 0.5) is 27.8 Å². The monoisotopic (exact) mass is 584 g/mol. The first-order valence-corrected chi connectivity index (χ1v) is 14.9. The minimum atomic E-state index is -0.629. The lowest BCUT2D eigenvalue weighted by Crippen LogP contribution is -2.35. The molecule has 3 amide bonds. The summed E-state index contributed by atoms with van der Waals surface area (Å²) in [5, 5.41) is 5.67. The first kappa shape index (κ1) is 30.0. The predicted octanol–water partition coefficient (Wildman–Crippen LogP) is 5.75. The van der Waals surface area contributed by atoms with Crippen molar-refractivity contribution in [1.82, 2.24) is 9.97 Å². The van der Waals surface area contributed by atoms with E-state index in [9.17, 15) is 14.4 Å². The summed E-state index contributed by atoms with van der Waals surface area (Å²) in [4.78, 5) is 51.9. The molecule has 2 aliphatic rings. The summed E-state index contributed by atoms with van der Waals surface area (Å²) in [5.74, 6) is 1.45. The van der Waals surface area contributed by atoms with Crippen molar-refractivity contribution in [3.05, 3.63) is 71.0 Å². The number of anilines is 4. The number of ether oxygens (including phenoxy) is 1. The maximum Gasteiger partial charge on any atom is 0.413 e. The summed E-state index contributed by atoms with van der Waals surface area (Å²) in [6.45, 7) is 11.9. The Morgan fingerprint density at radius 2 is 1.74 bits per heavy atom. The number of aromatic nitrogens is 2. The highest BCUT2D eigenvalue weighted by Crippen LogP contribution is 2.32. The number of piperidine rings is 1. The molecule has 1 saturated heterocycles. The molecule has 2 N–H and O–H groups in total. The quantitative estimate of drug-likeness (QED) is 0.379. The zero-order valence-electron chi connectivity index (χ0n) is 25.6. The van der Waals surface area contributed by atoms with Gasteiger partial charge in [-0.3, -0.25) is 14.9 Å². The highest BCUT2D eigenvalue weighted by atomic mass is 16.6. The topological polar surface area (TPSA) is 117 Å². The third-order valence-corrected chi connectivity index (χ3v) is 7.64. The van der Waals surface area contributed by atoms with E-state index in [4.69, 9.17) is 9.72 Å². The molecule has 0 atom stereocenters. The van der Waals surface area contributed by atoms with Gasteiger partial charge in [-0.05, 0) is 101 Å². The molecular weight excluding hydrogens is 544 g/mol. The van der Waals surface area contributed by atoms with Crippen LogP contribution in [0.15, 0.2) is 48.5 Å². The molecular formula is C33H40N6O4. The summed E-state index contributed by atoms with van der Waals surface area (Å²) >= 11 is 0. The zero-order chi connectivity index (χ0) is 30.7. The molecule has 0 bridgehead atoms. The fraction of sp³-hybridized carbons (Fsp3) is 0.424. The fourth-order valence-electron chi connectivity index (χ4n) is 5.42. The van der Waals surface area contributed by atoms with Crippen molar-refractivity contribution in [3.63, 3.8) is 0 Å². The van der Waals surface area contributed by atoms with Crippen LogP contribution < -0.4 is 20.4 Å². The van der Waals surface area contributed by atoms with Gasteiger partial charge in [0.1, 0.15) is 17.2 Å². The number of hydrogen-bond donors (Lipinski definition) is 2. The van der Waals surface area contributed by atoms with Crippen LogP contribution in [-0.4, -0.2) is 53.1 Å². The van der Waals surface area contributed by atoms with Crippen LogP contribution in [0.2, 0.25) is 0 Å². The van der Waals surface area contributed by atoms with E-state index in [1.165, 1.54) is 0 Å². The van der Waals surface area contributed by atoms with Crippen molar-refractivity contribution in [2.75, 3.05) is 40.1 Å². The minimum Gasteiger partial charge on any atom is -0.444 e. The Morgan fingerprint density at radius 3 is 2.49 bits per heavy atom. The Labute approximate surface area is 252 Å². The average molecular weight is 585 g/mol. The second-order valence-electron chi connectivity index (χ2n) is 12.4. The summed E-state index contributed by atoms with van der Waals surface area (Å²) in [5.41, 5.74) is 3.86. The first-order valence-electron chi connectivity index (χ1n) is 14.9. The number of aryl methyl sites for hydroxylation is 1. The van der Waals surface area contributed by atoms with E-state index >= 15 is 0 Å². The third-order valence-electron chi connectivity index (χ3n) is 7.64. The Morgan fingerprint density at radius 1 is 0.977 bits per heavy atom. The van der Waals surface area contributed by atoms with Crippen molar-refractivity contribution in [2.24, 2.45) is 5.92 Å². The van der Waals surface area contributed by atoms with Crippen LogP contribution in [0.5, 0.6) is 0 Å². The number of nitrogens with one attached hydrogen (secondary N) is 2. The van der Waals surface area contributed by atoms with Crippen LogP contribution in [0, 0.1) is 12.8 Å². The van der Waals surface area contributed by atoms with Gasteiger partial charge in [0.25, 0.3) is 5.91 Å². The minimum absolute atomic E-state index is 0.0836. The molecule has 5 rings (SSSR count). The van der Waals surface area contributed by atoms with Crippen molar-refractivity contribution < 1.29 is 19.1 Å². The van der Waals surface area contributed by atoms with E-state index in [1.807, 2.05) is 37.3 Å². The average Bonchev–Trinajstić information content (AvgIpc) is 3.36. The highest BCUT2D eigenvalue weighted by molar-refractivity contribution is 6.08. The molecule has 10 heteroatoms. The number of nitrogens with zero attached hydrogens (tertiary/aromatic N) is 4. The molecule has 43 heavy (non-hydrogen) atoms. The summed E-state index contributed by atoms with van der Waals surface area (Å²) in [6, 6.07) is 14.5. The van der Waals surface area contributed by atoms with E-state index in [0.717, 1.165) is 48.7 Å². The molecule has 2 aliphatic heterocycles. The van der Waals surface area contributed by atoms with Crippen molar-refractivity contribution in [1.29, 1.82) is 0 Å². The molecule has 2 aromatic heterocycles. The Balaban J connectivity index is 1.24. The molecule has 0 aliphatic carbocycles. The van der Waals surface area contributed by atoms with Gasteiger partial charge in [-0.1, -0.05) is 13.0 Å². The Kier molecular flexibility index (Phi) is 8.66. The molecule has 0 radical (unpaired) electrons. The van der Waals surface area contributed by atoms with E-state index in [2.05, 4.69) is 27.4 Å². The Bertz CT molecular complexity index is 1520. The number of pyridine rings is 2. The largest absolute Gasteiger partial charge is 0.444 e. The van der Waals surface area contributed by atoms with Gasteiger partial charge in [-0.25, -0.2) is 14.8 Å². The molecule has 3 aromatic rings. The van der Waals surface area contributed by atoms with Crippen LogP contribution in [0.3, 0.4) is 0 Å². The maximum atomic E-state index is 13.4. The van der Waals surface area contributed by atoms with Gasteiger partial charge < -0.3 is 19.9 Å². The van der Waals surface area contributed by atoms with Gasteiger partial charge in [0.05, 0.1) is 17.7 Å². The Hall–Kier alpha value is -4.47. The van der Waals surface area contributed by atoms with E-state index in [1.54, 1.807) is 43.9 Å². The van der Waals surface area contributed by atoms with Crippen molar-refractivity contribution in [3.8, 4) is 0 Å². The molecule has 0 spiro atoms. The van der Waals surface area contributed by atoms with Crippen molar-refractivity contribution >= 4 is 40.9 Å². The van der Waals surface area contributed by atoms with Crippen molar-refractivity contribution in [2.45, 2.75) is 65.9 Å². The normalized spacial score (nSPS) is 15.2. The zero-order valence-corrected chi connectivity index (χ0v) is 25.6. The van der Waals surface area contributed by atoms with Crippen LogP contribution >= 0.6 is 0 Å². The number of fused-ring (bicyclic) bond motifs is 1. The SMILES string of the molecule is Cc1ccc(C(=O)Nc2ccc3c(c2)CCN3C(=O)Cc2cccc(NC(=O)OC(C)(C)C)n2)c(N2CCC(C)CC2)n1. The number of benzene rings is 1. The number of amides is 3. The third kappa shape index (κ3) is 7.49. The lowest BCUT2D eigenvalue weighted by molar-refractivity contribution is -0.117. The summed E-state index contributed by atoms with van der Waals surface area (Å²) in [6.07, 6.45) is 2.33. The molecule has 0 unspecified atom stereocenters. The molecule has 1 aromatic carbocycles. The molecule has 1 fully saturated rings. The molecule has 4 heterocycles. The summed E-state index contributed by atoms with van der Waals surface area (Å²) < 4.78 is 5.29. The van der Waals surface area contributed by atoms with Gasteiger partial charge in [-0.15, -0.1) is 0 Å². The molecule has 226 valence electrons. The van der Waals surface area contributed by atoms with E-state index in [0.29, 0.717) is 41.6 Å².